The van der Waals surface area contributed by atoms with Crippen molar-refractivity contribution in [2.24, 2.45) is 0 Å². The van der Waals surface area contributed by atoms with Crippen LogP contribution in [0.4, 0.5) is 0 Å². The minimum atomic E-state index is -1.48. The second kappa shape index (κ2) is 26.9. The van der Waals surface area contributed by atoms with Gasteiger partial charge in [0.15, 0.2) is 12.6 Å². The van der Waals surface area contributed by atoms with Crippen molar-refractivity contribution < 1.29 is 4.74 Å². The third kappa shape index (κ3) is 21.4. The maximum atomic E-state index is 5.31. The first-order chi connectivity index (χ1) is 24.8. The van der Waals surface area contributed by atoms with Gasteiger partial charge < -0.3 is 13.2 Å². The average Bonchev–Trinajstić information content (AvgIpc) is 3.05. The van der Waals surface area contributed by atoms with Crippen molar-refractivity contribution in [1.82, 2.24) is 29.7 Å². The summed E-state index contributed by atoms with van der Waals surface area (Å²) in [6.45, 7) is 35.3. The number of rotatable bonds is 16. The summed E-state index contributed by atoms with van der Waals surface area (Å²) in [7, 11) is -5.93. The standard InChI is InChI=1S/2C19H40N3Si2.C4H10O.Ca/c2*1-23(2,3)22(24(4,5)6)19(20-17-13-9-7-10-14-17)21-18-15-11-8-12-16-18;1-3-5-4-2;/h2*17-18H,7-16H2,1-6H3;3-4H2,1-2H3;/q;;;+2. The summed E-state index contributed by atoms with van der Waals surface area (Å²) >= 11 is 0. The van der Waals surface area contributed by atoms with Crippen LogP contribution in [0, 0.1) is 12.6 Å². The summed E-state index contributed by atoms with van der Waals surface area (Å²) in [4.78, 5) is 0. The van der Waals surface area contributed by atoms with E-state index in [9.17, 15) is 0 Å². The molecule has 0 aliphatic heterocycles. The molecule has 0 atom stereocenters. The Hall–Kier alpha value is 1.85. The molecular formula is C42H90CaN6OSi4+2. The SMILES string of the molecule is CCOCC.C[Si](C)(C)N([C]([N]C1CCCCC1)[N]C1CCCCC1)[Si](C)(C)C.C[Si](C)(C)N([C]([N]C1CCCCC1)[N]C1CCCCC1)[Si](C)(C)C.[Ca+2]. The van der Waals surface area contributed by atoms with Crippen LogP contribution in [0.5, 0.6) is 0 Å². The van der Waals surface area contributed by atoms with Crippen molar-refractivity contribution >= 4 is 70.7 Å². The van der Waals surface area contributed by atoms with Crippen molar-refractivity contribution in [1.29, 1.82) is 0 Å². The molecule has 4 rings (SSSR count). The maximum Gasteiger partial charge on any atom is 2.00 e. The molecule has 54 heavy (non-hydrogen) atoms. The van der Waals surface area contributed by atoms with Gasteiger partial charge in [-0.3, -0.25) is 0 Å². The number of ether oxygens (including phenoxy) is 1. The molecule has 0 aromatic carbocycles. The van der Waals surface area contributed by atoms with E-state index in [4.69, 9.17) is 26.0 Å². The monoisotopic (exact) mass is 847 g/mol. The summed E-state index contributed by atoms with van der Waals surface area (Å²) in [5.41, 5.74) is 0. The number of hydrogen-bond donors (Lipinski definition) is 0. The van der Waals surface area contributed by atoms with Crippen LogP contribution >= 0.6 is 0 Å². The van der Waals surface area contributed by atoms with Gasteiger partial charge in [0.1, 0.15) is 32.9 Å². The Morgan fingerprint density at radius 3 is 0.704 bits per heavy atom. The van der Waals surface area contributed by atoms with Gasteiger partial charge in [0.2, 0.25) is 0 Å². The van der Waals surface area contributed by atoms with E-state index in [-0.39, 0.29) is 37.7 Å². The summed E-state index contributed by atoms with van der Waals surface area (Å²) in [5.74, 6) is 0. The molecule has 7 nitrogen and oxygen atoms in total. The van der Waals surface area contributed by atoms with Crippen LogP contribution in [0.15, 0.2) is 0 Å². The third-order valence-corrected chi connectivity index (χ3v) is 25.2. The van der Waals surface area contributed by atoms with Crippen molar-refractivity contribution in [2.75, 3.05) is 13.2 Å². The molecule has 4 aliphatic rings. The fourth-order valence-corrected chi connectivity index (χ4v) is 28.2. The van der Waals surface area contributed by atoms with Gasteiger partial charge in [-0.15, -0.1) is 0 Å². The smallest absolute Gasteiger partial charge is 0.382 e. The summed E-state index contributed by atoms with van der Waals surface area (Å²) in [5, 5.41) is 21.2. The Kier molecular flexibility index (Phi) is 26.9. The molecule has 0 bridgehead atoms. The van der Waals surface area contributed by atoms with Gasteiger partial charge in [0.05, 0.1) is 0 Å². The molecule has 0 saturated heterocycles. The first-order valence-electron chi connectivity index (χ1n) is 22.5. The Labute approximate surface area is 372 Å². The van der Waals surface area contributed by atoms with E-state index in [1.165, 1.54) is 128 Å². The molecule has 0 heterocycles. The predicted octanol–water partition coefficient (Wildman–Crippen LogP) is 11.2. The molecule has 4 saturated carbocycles. The first-order valence-corrected chi connectivity index (χ1v) is 36.3. The molecule has 310 valence electrons. The van der Waals surface area contributed by atoms with Crippen LogP contribution in [0.2, 0.25) is 78.6 Å². The normalized spacial score (nSPS) is 20.8. The number of nitrogens with zero attached hydrogens (tertiary/aromatic N) is 6. The van der Waals surface area contributed by atoms with Crippen LogP contribution in [-0.4, -0.2) is 117 Å². The molecule has 0 aromatic rings. The van der Waals surface area contributed by atoms with Crippen molar-refractivity contribution in [3.05, 3.63) is 12.6 Å². The molecule has 12 heteroatoms. The molecule has 0 N–H and O–H groups in total. The minimum Gasteiger partial charge on any atom is -0.382 e. The van der Waals surface area contributed by atoms with E-state index >= 15 is 0 Å². The molecule has 4 aliphatic carbocycles. The van der Waals surface area contributed by atoms with Crippen LogP contribution in [0.1, 0.15) is 142 Å². The molecule has 0 unspecified atom stereocenters. The molecule has 0 aromatic heterocycles. The zero-order chi connectivity index (χ0) is 39.7. The van der Waals surface area contributed by atoms with E-state index in [0.717, 1.165) is 25.8 Å². The van der Waals surface area contributed by atoms with Gasteiger partial charge in [0, 0.05) is 37.4 Å². The Balaban J connectivity index is 0.000000472. The second-order valence-electron chi connectivity index (χ2n) is 20.4. The molecular weight excluding hydrogens is 757 g/mol. The fraction of sp³-hybridized carbons (Fsp3) is 0.952. The molecule has 0 amide bonds. The largest absolute Gasteiger partial charge is 2.00 e. The van der Waals surface area contributed by atoms with Crippen LogP contribution in [-0.2, 0) is 4.74 Å². The van der Waals surface area contributed by atoms with Gasteiger partial charge >= 0.3 is 37.7 Å². The summed E-state index contributed by atoms with van der Waals surface area (Å²) < 4.78 is 10.3. The van der Waals surface area contributed by atoms with Crippen LogP contribution < -0.4 is 21.3 Å². The summed E-state index contributed by atoms with van der Waals surface area (Å²) in [6, 6.07) is 2.10. The van der Waals surface area contributed by atoms with Gasteiger partial charge in [-0.2, -0.15) is 21.3 Å². The topological polar surface area (TPSA) is 72.1 Å². The second-order valence-corrected chi connectivity index (χ2v) is 40.5. The predicted molar refractivity (Wildman–Crippen MR) is 247 cm³/mol. The Morgan fingerprint density at radius 1 is 0.389 bits per heavy atom. The van der Waals surface area contributed by atoms with Crippen molar-refractivity contribution in [3.8, 4) is 0 Å². The Bertz CT molecular complexity index is 791. The first kappa shape index (κ1) is 53.9. The van der Waals surface area contributed by atoms with Gasteiger partial charge in [-0.05, 0) is 65.2 Å². The van der Waals surface area contributed by atoms with E-state index in [1.54, 1.807) is 0 Å². The third-order valence-electron chi connectivity index (χ3n) is 11.0. The van der Waals surface area contributed by atoms with E-state index in [2.05, 4.69) is 87.0 Å². The van der Waals surface area contributed by atoms with Gasteiger partial charge in [-0.25, -0.2) is 0 Å². The van der Waals surface area contributed by atoms with Gasteiger partial charge in [-0.1, -0.05) is 156 Å². The van der Waals surface area contributed by atoms with E-state index in [0.29, 0.717) is 24.2 Å². The van der Waals surface area contributed by atoms with Crippen LogP contribution in [0.3, 0.4) is 0 Å². The Morgan fingerprint density at radius 2 is 0.574 bits per heavy atom. The maximum absolute atomic E-state index is 5.31. The van der Waals surface area contributed by atoms with Crippen molar-refractivity contribution in [2.45, 2.75) is 245 Å². The van der Waals surface area contributed by atoms with Crippen molar-refractivity contribution in [3.63, 3.8) is 0 Å². The molecule has 6 radical (unpaired) electrons. The zero-order valence-corrected chi connectivity index (χ0v) is 44.9. The fourth-order valence-electron chi connectivity index (χ4n) is 9.21. The zero-order valence-electron chi connectivity index (χ0n) is 38.7. The quantitative estimate of drug-likeness (QED) is 0.145. The molecule has 0 spiro atoms. The van der Waals surface area contributed by atoms with E-state index in [1.807, 2.05) is 13.8 Å². The van der Waals surface area contributed by atoms with Crippen LogP contribution in [0.25, 0.3) is 0 Å². The van der Waals surface area contributed by atoms with E-state index < -0.39 is 32.9 Å². The average molecular weight is 848 g/mol. The molecule has 4 fully saturated rings. The van der Waals surface area contributed by atoms with Gasteiger partial charge in [0.25, 0.3) is 0 Å². The minimum absolute atomic E-state index is 0. The number of hydrogen-bond acceptors (Lipinski definition) is 3. The summed E-state index contributed by atoms with van der Waals surface area (Å²) in [6.07, 6.45) is 28.9.